The van der Waals surface area contributed by atoms with Crippen LogP contribution in [0.15, 0.2) is 0 Å². The smallest absolute Gasteiger partial charge is 0.304 e. The number of carboxylic acids is 1. The van der Waals surface area contributed by atoms with Gasteiger partial charge in [0.05, 0.1) is 6.42 Å². The van der Waals surface area contributed by atoms with Gasteiger partial charge in [-0.1, -0.05) is 0 Å². The van der Waals surface area contributed by atoms with Crippen LogP contribution in [0.2, 0.25) is 0 Å². The Morgan fingerprint density at radius 1 is 1.67 bits per heavy atom. The van der Waals surface area contributed by atoms with Crippen LogP contribution in [0.4, 0.5) is 0 Å². The van der Waals surface area contributed by atoms with Crippen molar-refractivity contribution in [1.82, 2.24) is 0 Å². The summed E-state index contributed by atoms with van der Waals surface area (Å²) in [5, 5.41) is 8.27. The number of rotatable bonds is 3. The third-order valence-corrected chi connectivity index (χ3v) is 2.95. The van der Waals surface area contributed by atoms with Crippen molar-refractivity contribution in [2.45, 2.75) is 6.42 Å². The van der Waals surface area contributed by atoms with Crippen LogP contribution in [0.5, 0.6) is 0 Å². The van der Waals surface area contributed by atoms with Gasteiger partial charge in [0.2, 0.25) is 0 Å². The lowest BCUT2D eigenvalue weighted by Gasteiger charge is -2.20. The Hall–Kier alpha value is 0.300. The SMILES string of the molecule is CS(C)(Br)CCC(=O)O. The largest absolute Gasteiger partial charge is 0.481 e. The van der Waals surface area contributed by atoms with Crippen molar-refractivity contribution in [3.63, 3.8) is 0 Å². The molecule has 0 aromatic heterocycles. The van der Waals surface area contributed by atoms with Crippen LogP contribution < -0.4 is 0 Å². The molecule has 0 atom stereocenters. The van der Waals surface area contributed by atoms with Gasteiger partial charge in [-0.3, -0.25) is 4.79 Å². The van der Waals surface area contributed by atoms with Gasteiger partial charge in [-0.25, -0.2) is 0 Å². The predicted octanol–water partition coefficient (Wildman–Crippen LogP) is 1.84. The minimum absolute atomic E-state index is 0.271. The Bertz CT molecular complexity index is 108. The summed E-state index contributed by atoms with van der Waals surface area (Å²) in [5.74, 6) is 0.0394. The molecule has 0 unspecified atom stereocenters. The van der Waals surface area contributed by atoms with E-state index in [2.05, 4.69) is 14.8 Å². The molecule has 0 aromatic rings. The zero-order valence-corrected chi connectivity index (χ0v) is 7.96. The fraction of sp³-hybridized carbons (Fsp3) is 0.800. The molecule has 0 radical (unpaired) electrons. The Morgan fingerprint density at radius 3 is 2.22 bits per heavy atom. The molecule has 2 nitrogen and oxygen atoms in total. The minimum atomic E-state index is -0.788. The van der Waals surface area contributed by atoms with Gasteiger partial charge in [0, 0.05) is 0 Å². The number of hydrogen-bond acceptors (Lipinski definition) is 1. The standard InChI is InChI=1S/C5H11BrO2S/c1-9(2,6)4-3-5(7)8/h3-4H2,1-2H3,(H,7,8). The van der Waals surface area contributed by atoms with Gasteiger partial charge < -0.3 is 5.11 Å². The molecule has 0 amide bonds. The van der Waals surface area contributed by atoms with Gasteiger partial charge in [0.25, 0.3) is 0 Å². The molecule has 9 heavy (non-hydrogen) atoms. The third kappa shape index (κ3) is 8.30. The maximum atomic E-state index is 10.0. The van der Waals surface area contributed by atoms with Crippen molar-refractivity contribution in [2.75, 3.05) is 18.3 Å². The van der Waals surface area contributed by atoms with E-state index >= 15 is 0 Å². The van der Waals surface area contributed by atoms with E-state index in [0.29, 0.717) is 0 Å². The molecule has 4 heteroatoms. The predicted molar refractivity (Wildman–Crippen MR) is 45.5 cm³/mol. The highest BCUT2D eigenvalue weighted by Gasteiger charge is 2.07. The van der Waals surface area contributed by atoms with Gasteiger partial charge >= 0.3 is 5.97 Å². The van der Waals surface area contributed by atoms with E-state index in [1.165, 1.54) is 0 Å². The second-order valence-electron chi connectivity index (χ2n) is 2.25. The van der Waals surface area contributed by atoms with Gasteiger partial charge in [0.1, 0.15) is 0 Å². The molecular weight excluding hydrogens is 204 g/mol. The van der Waals surface area contributed by atoms with Gasteiger partial charge in [-0.05, 0) is 33.1 Å². The highest BCUT2D eigenvalue weighted by Crippen LogP contribution is 2.48. The first kappa shape index (κ1) is 9.30. The Labute approximate surface area is 64.2 Å². The first-order valence-electron chi connectivity index (χ1n) is 2.54. The number of halogens is 1. The van der Waals surface area contributed by atoms with E-state index in [4.69, 9.17) is 5.11 Å². The number of carbonyl (C=O) groups is 1. The Morgan fingerprint density at radius 2 is 2.11 bits per heavy atom. The summed E-state index contributed by atoms with van der Waals surface area (Å²) in [6, 6.07) is 0. The van der Waals surface area contributed by atoms with Crippen LogP contribution in [-0.4, -0.2) is 29.3 Å². The monoisotopic (exact) mass is 214 g/mol. The van der Waals surface area contributed by atoms with Crippen LogP contribution in [0.25, 0.3) is 0 Å². The van der Waals surface area contributed by atoms with Gasteiger partial charge in [-0.2, -0.15) is 8.46 Å². The third-order valence-electron chi connectivity index (χ3n) is 0.801. The number of carboxylic acid groups (broad SMARTS) is 1. The van der Waals surface area contributed by atoms with Gasteiger partial charge in [-0.15, -0.1) is 0 Å². The van der Waals surface area contributed by atoms with Crippen LogP contribution >= 0.6 is 23.3 Å². The number of aliphatic carboxylic acids is 1. The maximum absolute atomic E-state index is 10.0. The van der Waals surface area contributed by atoms with Crippen molar-refractivity contribution in [2.24, 2.45) is 0 Å². The molecule has 0 aliphatic heterocycles. The van der Waals surface area contributed by atoms with Crippen molar-refractivity contribution in [3.05, 3.63) is 0 Å². The fourth-order valence-electron chi connectivity index (χ4n) is 0.330. The summed E-state index contributed by atoms with van der Waals surface area (Å²) in [6.45, 7) is 0. The Balaban J connectivity index is 3.39. The molecule has 0 aromatic carbocycles. The molecular formula is C5H11BrO2S. The molecule has 0 bridgehead atoms. The van der Waals surface area contributed by atoms with E-state index in [1.54, 1.807) is 0 Å². The summed E-state index contributed by atoms with van der Waals surface area (Å²) >= 11 is 3.43. The second-order valence-corrected chi connectivity index (χ2v) is 10.7. The highest BCUT2D eigenvalue weighted by molar-refractivity contribution is 9.58. The average molecular weight is 215 g/mol. The van der Waals surface area contributed by atoms with Crippen LogP contribution in [0.1, 0.15) is 6.42 Å². The molecule has 0 aliphatic carbocycles. The second kappa shape index (κ2) is 3.46. The molecule has 56 valence electrons. The van der Waals surface area contributed by atoms with Crippen molar-refractivity contribution < 1.29 is 9.90 Å². The molecule has 0 saturated carbocycles. The summed E-state index contributed by atoms with van der Waals surface area (Å²) in [5.41, 5.74) is 0. The van der Waals surface area contributed by atoms with E-state index in [-0.39, 0.29) is 6.42 Å². The molecule has 0 aliphatic rings. The summed E-state index contributed by atoms with van der Waals surface area (Å²) in [4.78, 5) is 10.0. The summed E-state index contributed by atoms with van der Waals surface area (Å²) in [7, 11) is -0.788. The first-order chi connectivity index (χ1) is 3.92. The molecule has 0 heterocycles. The molecule has 1 N–H and O–H groups in total. The van der Waals surface area contributed by atoms with Gasteiger partial charge in [0.15, 0.2) is 0 Å². The van der Waals surface area contributed by atoms with Crippen molar-refractivity contribution in [1.29, 1.82) is 0 Å². The van der Waals surface area contributed by atoms with Crippen LogP contribution in [-0.2, 0) is 4.79 Å². The Kier molecular flexibility index (Phi) is 3.58. The normalized spacial score (nSPS) is 13.2. The summed E-state index contributed by atoms with van der Waals surface area (Å²) in [6.07, 6.45) is 4.35. The first-order valence-corrected chi connectivity index (χ1v) is 7.00. The van der Waals surface area contributed by atoms with Crippen LogP contribution in [0, 0.1) is 0 Å². The topological polar surface area (TPSA) is 37.3 Å². The quantitative estimate of drug-likeness (QED) is 0.779. The maximum Gasteiger partial charge on any atom is 0.304 e. The highest BCUT2D eigenvalue weighted by atomic mass is 79.9. The zero-order chi connectivity index (χ0) is 7.49. The minimum Gasteiger partial charge on any atom is -0.481 e. The zero-order valence-electron chi connectivity index (χ0n) is 5.56. The van der Waals surface area contributed by atoms with E-state index in [1.807, 2.05) is 12.5 Å². The lowest BCUT2D eigenvalue weighted by molar-refractivity contribution is -0.136. The molecule has 0 spiro atoms. The molecule has 0 rings (SSSR count). The number of hydrogen-bond donors (Lipinski definition) is 1. The van der Waals surface area contributed by atoms with Crippen molar-refractivity contribution in [3.8, 4) is 0 Å². The summed E-state index contributed by atoms with van der Waals surface area (Å²) < 4.78 is 0. The molecule has 0 saturated heterocycles. The molecule has 0 fully saturated rings. The lowest BCUT2D eigenvalue weighted by Crippen LogP contribution is -2.01. The van der Waals surface area contributed by atoms with E-state index < -0.39 is 14.4 Å². The van der Waals surface area contributed by atoms with Crippen LogP contribution in [0.3, 0.4) is 0 Å². The fourth-order valence-corrected chi connectivity index (χ4v) is 1.48. The lowest BCUT2D eigenvalue weighted by atomic mass is 10.5. The van der Waals surface area contributed by atoms with E-state index in [0.717, 1.165) is 5.75 Å². The van der Waals surface area contributed by atoms with Crippen molar-refractivity contribution >= 4 is 29.2 Å². The average Bonchev–Trinajstić information content (AvgIpc) is 1.59. The van der Waals surface area contributed by atoms with E-state index in [9.17, 15) is 4.79 Å².